The van der Waals surface area contributed by atoms with Gasteiger partial charge in [0.2, 0.25) is 0 Å². The Morgan fingerprint density at radius 1 is 0.483 bits per heavy atom. The Balaban J connectivity index is 0. The SMILES string of the molecule is CCC(CC)([O][Al-]([O]C(CC)(CC)C(C)C)[O]C(CC)(CC)C(C)C)C(C)C.[Li+]. The third-order valence-corrected chi connectivity index (χ3v) is 9.73. The number of rotatable bonds is 15. The van der Waals surface area contributed by atoms with Crippen LogP contribution in [0, 0.1) is 17.8 Å². The van der Waals surface area contributed by atoms with E-state index in [1.54, 1.807) is 0 Å². The summed E-state index contributed by atoms with van der Waals surface area (Å²) in [6.45, 7) is 27.0. The molecule has 0 saturated heterocycles. The summed E-state index contributed by atoms with van der Waals surface area (Å²) in [5.74, 6) is 1.29. The van der Waals surface area contributed by atoms with Gasteiger partial charge < -0.3 is 11.4 Å². The third-order valence-electron chi connectivity index (χ3n) is 7.74. The first-order valence-electron chi connectivity index (χ1n) is 12.0. The smallest absolute Gasteiger partial charge is 0.629 e. The van der Waals surface area contributed by atoms with Crippen LogP contribution in [0.25, 0.3) is 0 Å². The minimum absolute atomic E-state index is 0. The minimum Gasteiger partial charge on any atom is -0.629 e. The third kappa shape index (κ3) is 7.82. The molecule has 0 N–H and O–H groups in total. The van der Waals surface area contributed by atoms with Gasteiger partial charge in [0, 0.05) is 16.8 Å². The molecule has 0 aromatic carbocycles. The van der Waals surface area contributed by atoms with Crippen molar-refractivity contribution in [3.8, 4) is 0 Å². The molecule has 0 rings (SSSR count). The van der Waals surface area contributed by atoms with Crippen molar-refractivity contribution < 1.29 is 30.2 Å². The molecular formula is C24H51AlLiO3. The Kier molecular flexibility index (Phi) is 15.8. The molecule has 0 amide bonds. The predicted molar refractivity (Wildman–Crippen MR) is 123 cm³/mol. The van der Waals surface area contributed by atoms with Gasteiger partial charge in [-0.3, -0.25) is 0 Å². The van der Waals surface area contributed by atoms with E-state index in [9.17, 15) is 0 Å². The van der Waals surface area contributed by atoms with E-state index >= 15 is 0 Å². The van der Waals surface area contributed by atoms with Crippen LogP contribution in [0.5, 0.6) is 0 Å². The van der Waals surface area contributed by atoms with E-state index in [1.165, 1.54) is 0 Å². The van der Waals surface area contributed by atoms with Gasteiger partial charge in [0.05, 0.1) is 0 Å². The molecule has 0 atom stereocenters. The molecule has 5 heteroatoms. The molecule has 1 radical (unpaired) electrons. The van der Waals surface area contributed by atoms with Gasteiger partial charge in [0.25, 0.3) is 0 Å². The monoisotopic (exact) mass is 421 g/mol. The van der Waals surface area contributed by atoms with E-state index in [-0.39, 0.29) is 35.7 Å². The first-order valence-corrected chi connectivity index (χ1v) is 13.4. The van der Waals surface area contributed by atoms with Crippen LogP contribution in [0.3, 0.4) is 0 Å². The maximum atomic E-state index is 6.91. The van der Waals surface area contributed by atoms with Gasteiger partial charge in [-0.1, -0.05) is 83.1 Å². The second-order valence-corrected chi connectivity index (χ2v) is 10.7. The fourth-order valence-electron chi connectivity index (χ4n) is 4.75. The van der Waals surface area contributed by atoms with Crippen LogP contribution in [0.1, 0.15) is 122 Å². The molecule has 0 saturated carbocycles. The topological polar surface area (TPSA) is 27.7 Å². The largest absolute Gasteiger partial charge is 1.00 e. The van der Waals surface area contributed by atoms with Crippen molar-refractivity contribution in [2.75, 3.05) is 0 Å². The van der Waals surface area contributed by atoms with Crippen molar-refractivity contribution >= 4 is 15.1 Å². The number of hydrogen-bond donors (Lipinski definition) is 0. The molecule has 0 aliphatic heterocycles. The molecule has 0 aliphatic rings. The van der Waals surface area contributed by atoms with Crippen LogP contribution in [-0.4, -0.2) is 32.0 Å². The van der Waals surface area contributed by atoms with Crippen LogP contribution in [0.2, 0.25) is 0 Å². The summed E-state index contributed by atoms with van der Waals surface area (Å²) in [6.07, 6.45) is 5.90. The van der Waals surface area contributed by atoms with Crippen molar-refractivity contribution in [3.05, 3.63) is 0 Å². The fraction of sp³-hybridized carbons (Fsp3) is 1.00. The van der Waals surface area contributed by atoms with E-state index in [2.05, 4.69) is 83.1 Å². The summed E-state index contributed by atoms with van der Waals surface area (Å²) in [5, 5.41) is 0. The van der Waals surface area contributed by atoms with Crippen LogP contribution >= 0.6 is 0 Å². The summed E-state index contributed by atoms with van der Waals surface area (Å²) >= 11 is -2.38. The molecule has 0 aliphatic carbocycles. The van der Waals surface area contributed by atoms with Gasteiger partial charge in [-0.2, -0.15) is 0 Å². The van der Waals surface area contributed by atoms with Crippen molar-refractivity contribution in [3.63, 3.8) is 0 Å². The van der Waals surface area contributed by atoms with Crippen molar-refractivity contribution in [1.29, 1.82) is 0 Å². The van der Waals surface area contributed by atoms with Gasteiger partial charge in [-0.15, -0.1) is 0 Å². The molecule has 3 nitrogen and oxygen atoms in total. The molecule has 169 valence electrons. The normalized spacial score (nSPS) is 13.7. The van der Waals surface area contributed by atoms with E-state index < -0.39 is 15.1 Å². The molecule has 29 heavy (non-hydrogen) atoms. The quantitative estimate of drug-likeness (QED) is 0.360. The average molecular weight is 422 g/mol. The van der Waals surface area contributed by atoms with E-state index in [1.807, 2.05) is 0 Å². The molecule has 0 bridgehead atoms. The second kappa shape index (κ2) is 14.2. The summed E-state index contributed by atoms with van der Waals surface area (Å²) in [7, 11) is 0. The molecule has 0 aromatic rings. The zero-order chi connectivity index (χ0) is 22.2. The fourth-order valence-corrected chi connectivity index (χ4v) is 7.87. The van der Waals surface area contributed by atoms with Gasteiger partial charge in [-0.05, 0) is 56.3 Å². The van der Waals surface area contributed by atoms with Gasteiger partial charge >= 0.3 is 34.0 Å². The molecular weight excluding hydrogens is 370 g/mol. The first-order chi connectivity index (χ1) is 13.0. The minimum atomic E-state index is -2.38. The van der Waals surface area contributed by atoms with Gasteiger partial charge in [0.15, 0.2) is 0 Å². The van der Waals surface area contributed by atoms with E-state index in [0.29, 0.717) is 17.8 Å². The zero-order valence-electron chi connectivity index (χ0n) is 22.3. The summed E-state index contributed by atoms with van der Waals surface area (Å²) in [6, 6.07) is 0. The Morgan fingerprint density at radius 3 is 0.759 bits per heavy atom. The molecule has 0 unspecified atom stereocenters. The summed E-state index contributed by atoms with van der Waals surface area (Å²) in [5.41, 5.74) is -0.526. The maximum Gasteiger partial charge on any atom is 1.00 e. The standard InChI is InChI=1S/3C8H17O.Al.Li/c3*1-5-8(9,6-2)7(3)4;;/h3*7H,5-6H2,1-4H3;;/q3*-1;+2;+1. The van der Waals surface area contributed by atoms with Crippen LogP contribution in [-0.2, 0) is 11.4 Å². The van der Waals surface area contributed by atoms with Gasteiger partial charge in [-0.25, -0.2) is 0 Å². The van der Waals surface area contributed by atoms with Crippen molar-refractivity contribution in [2.45, 2.75) is 138 Å². The Hall–Kier alpha value is 1.01. The average Bonchev–Trinajstić information content (AvgIpc) is 2.67. The molecule has 0 heterocycles. The molecule has 0 spiro atoms. The van der Waals surface area contributed by atoms with Crippen molar-refractivity contribution in [2.24, 2.45) is 17.8 Å². The Morgan fingerprint density at radius 2 is 0.655 bits per heavy atom. The van der Waals surface area contributed by atoms with Gasteiger partial charge in [0.1, 0.15) is 0 Å². The second-order valence-electron chi connectivity index (χ2n) is 9.42. The number of hydrogen-bond acceptors (Lipinski definition) is 3. The molecule has 0 fully saturated rings. The van der Waals surface area contributed by atoms with Crippen molar-refractivity contribution in [1.82, 2.24) is 0 Å². The molecule has 0 aromatic heterocycles. The zero-order valence-corrected chi connectivity index (χ0v) is 23.4. The van der Waals surface area contributed by atoms with Crippen LogP contribution in [0.4, 0.5) is 0 Å². The van der Waals surface area contributed by atoms with Crippen LogP contribution < -0.4 is 18.9 Å². The Labute approximate surface area is 201 Å². The van der Waals surface area contributed by atoms with Crippen LogP contribution in [0.15, 0.2) is 0 Å². The Bertz CT molecular complexity index is 353. The predicted octanol–water partition coefficient (Wildman–Crippen LogP) is 4.67. The van der Waals surface area contributed by atoms with E-state index in [4.69, 9.17) is 11.4 Å². The summed E-state index contributed by atoms with van der Waals surface area (Å²) in [4.78, 5) is 0. The van der Waals surface area contributed by atoms with E-state index in [0.717, 1.165) is 38.5 Å². The summed E-state index contributed by atoms with van der Waals surface area (Å²) < 4.78 is 20.7. The first kappa shape index (κ1) is 32.2. The maximum absolute atomic E-state index is 6.91.